The van der Waals surface area contributed by atoms with Gasteiger partial charge in [-0.15, -0.1) is 0 Å². The normalized spacial score (nSPS) is 10.3. The van der Waals surface area contributed by atoms with Crippen molar-refractivity contribution in [2.75, 3.05) is 30.3 Å². The minimum Gasteiger partial charge on any atom is -0.396 e. The van der Waals surface area contributed by atoms with Gasteiger partial charge in [0.2, 0.25) is 0 Å². The Bertz CT molecular complexity index is 424. The number of aliphatic hydroxyl groups is 1. The molecule has 6 heteroatoms. The van der Waals surface area contributed by atoms with Gasteiger partial charge in [-0.25, -0.2) is 0 Å². The quantitative estimate of drug-likeness (QED) is 0.348. The Morgan fingerprint density at radius 3 is 2.35 bits per heavy atom. The van der Waals surface area contributed by atoms with Gasteiger partial charge in [-0.3, -0.25) is 10.1 Å². The Morgan fingerprint density at radius 2 is 1.80 bits per heavy atom. The van der Waals surface area contributed by atoms with Gasteiger partial charge in [0.05, 0.1) is 4.92 Å². The molecule has 0 bridgehead atoms. The first-order valence-corrected chi connectivity index (χ1v) is 7.06. The van der Waals surface area contributed by atoms with Crippen LogP contribution in [0.3, 0.4) is 0 Å². The maximum absolute atomic E-state index is 11.2. The van der Waals surface area contributed by atoms with Gasteiger partial charge < -0.3 is 15.7 Å². The third-order valence-electron chi connectivity index (χ3n) is 2.93. The average molecular weight is 281 g/mol. The summed E-state index contributed by atoms with van der Waals surface area (Å²) in [5.74, 6) is 0. The molecule has 0 amide bonds. The molecule has 0 aliphatic rings. The fourth-order valence-corrected chi connectivity index (χ4v) is 1.92. The van der Waals surface area contributed by atoms with Crippen molar-refractivity contribution in [3.05, 3.63) is 28.3 Å². The number of nitrogens with zero attached hydrogens (tertiary/aromatic N) is 1. The lowest BCUT2D eigenvalue weighted by atomic mass is 10.2. The van der Waals surface area contributed by atoms with E-state index in [0.717, 1.165) is 25.7 Å². The van der Waals surface area contributed by atoms with Crippen LogP contribution in [-0.4, -0.2) is 29.7 Å². The molecular formula is C14H23N3O3. The predicted molar refractivity (Wildman–Crippen MR) is 81.3 cm³/mol. The van der Waals surface area contributed by atoms with Crippen molar-refractivity contribution < 1.29 is 10.0 Å². The van der Waals surface area contributed by atoms with Crippen molar-refractivity contribution in [1.29, 1.82) is 0 Å². The van der Waals surface area contributed by atoms with E-state index in [0.29, 0.717) is 24.5 Å². The molecule has 0 aromatic heterocycles. The third kappa shape index (κ3) is 5.05. The average Bonchev–Trinajstić information content (AvgIpc) is 2.44. The van der Waals surface area contributed by atoms with Gasteiger partial charge in [0, 0.05) is 19.7 Å². The number of nitro groups is 1. The summed E-state index contributed by atoms with van der Waals surface area (Å²) in [7, 11) is 0. The van der Waals surface area contributed by atoms with Crippen LogP contribution in [-0.2, 0) is 0 Å². The number of unbranched alkanes of at least 4 members (excludes halogenated alkanes) is 2. The zero-order valence-corrected chi connectivity index (χ0v) is 11.9. The Morgan fingerprint density at radius 1 is 1.15 bits per heavy atom. The summed E-state index contributed by atoms with van der Waals surface area (Å²) in [4.78, 5) is 10.9. The Labute approximate surface area is 119 Å². The smallest absolute Gasteiger partial charge is 0.315 e. The topological polar surface area (TPSA) is 87.4 Å². The van der Waals surface area contributed by atoms with Crippen molar-refractivity contribution in [3.8, 4) is 0 Å². The molecular weight excluding hydrogens is 258 g/mol. The predicted octanol–water partition coefficient (Wildman–Crippen LogP) is 2.99. The molecule has 3 N–H and O–H groups in total. The first-order chi connectivity index (χ1) is 9.70. The van der Waals surface area contributed by atoms with E-state index < -0.39 is 0 Å². The zero-order chi connectivity index (χ0) is 14.8. The number of anilines is 2. The van der Waals surface area contributed by atoms with Crippen LogP contribution in [0.2, 0.25) is 0 Å². The minimum atomic E-state index is -0.353. The van der Waals surface area contributed by atoms with Crippen LogP contribution >= 0.6 is 0 Å². The molecule has 0 atom stereocenters. The molecule has 0 saturated heterocycles. The Hall–Kier alpha value is -1.82. The van der Waals surface area contributed by atoms with Crippen molar-refractivity contribution in [1.82, 2.24) is 0 Å². The summed E-state index contributed by atoms with van der Waals surface area (Å²) in [5.41, 5.74) is 1.19. The summed E-state index contributed by atoms with van der Waals surface area (Å²) in [5, 5.41) is 26.1. The van der Waals surface area contributed by atoms with Crippen LogP contribution in [0.5, 0.6) is 0 Å². The molecule has 0 aliphatic heterocycles. The van der Waals surface area contributed by atoms with Gasteiger partial charge in [0.15, 0.2) is 0 Å². The van der Waals surface area contributed by atoms with Crippen molar-refractivity contribution in [2.45, 2.75) is 32.6 Å². The van der Waals surface area contributed by atoms with Gasteiger partial charge in [0.1, 0.15) is 11.4 Å². The lowest BCUT2D eigenvalue weighted by Crippen LogP contribution is -2.08. The van der Waals surface area contributed by atoms with Crippen LogP contribution in [0.1, 0.15) is 32.6 Å². The van der Waals surface area contributed by atoms with Gasteiger partial charge in [-0.05, 0) is 37.8 Å². The first-order valence-electron chi connectivity index (χ1n) is 7.06. The maximum atomic E-state index is 11.2. The number of aliphatic hydroxyl groups excluding tert-OH is 1. The second-order valence-corrected chi connectivity index (χ2v) is 4.60. The standard InChI is InChI=1S/C14H23N3O3/c1-2-9-15-12-7-6-8-13(14(12)17(19)20)16-10-4-3-5-11-18/h6-8,15-16,18H,2-5,9-11H2,1H3. The number of hydrogen-bond acceptors (Lipinski definition) is 5. The maximum Gasteiger partial charge on any atom is 0.315 e. The lowest BCUT2D eigenvalue weighted by molar-refractivity contribution is -0.383. The molecule has 1 rings (SSSR count). The SMILES string of the molecule is CCCNc1cccc(NCCCCCO)c1[N+](=O)[O-]. The molecule has 6 nitrogen and oxygen atoms in total. The first kappa shape index (κ1) is 16.2. The minimum absolute atomic E-state index is 0.100. The monoisotopic (exact) mass is 281 g/mol. The largest absolute Gasteiger partial charge is 0.396 e. The van der Waals surface area contributed by atoms with Gasteiger partial charge in [-0.2, -0.15) is 0 Å². The fourth-order valence-electron chi connectivity index (χ4n) is 1.92. The van der Waals surface area contributed by atoms with E-state index in [1.54, 1.807) is 18.2 Å². The summed E-state index contributed by atoms with van der Waals surface area (Å²) in [6, 6.07) is 5.26. The van der Waals surface area contributed by atoms with Gasteiger partial charge in [-0.1, -0.05) is 13.0 Å². The van der Waals surface area contributed by atoms with E-state index in [9.17, 15) is 10.1 Å². The molecule has 0 spiro atoms. The van der Waals surface area contributed by atoms with E-state index in [1.165, 1.54) is 0 Å². The highest BCUT2D eigenvalue weighted by Gasteiger charge is 2.18. The molecule has 0 saturated carbocycles. The van der Waals surface area contributed by atoms with Crippen molar-refractivity contribution in [3.63, 3.8) is 0 Å². The van der Waals surface area contributed by atoms with Crippen molar-refractivity contribution >= 4 is 17.1 Å². The van der Waals surface area contributed by atoms with E-state index in [4.69, 9.17) is 5.11 Å². The second kappa shape index (κ2) is 9.14. The molecule has 0 heterocycles. The lowest BCUT2D eigenvalue weighted by Gasteiger charge is -2.11. The van der Waals surface area contributed by atoms with Crippen LogP contribution in [0, 0.1) is 10.1 Å². The highest BCUT2D eigenvalue weighted by Crippen LogP contribution is 2.32. The fraction of sp³-hybridized carbons (Fsp3) is 0.571. The van der Waals surface area contributed by atoms with Gasteiger partial charge >= 0.3 is 5.69 Å². The number of nitrogens with one attached hydrogen (secondary N) is 2. The molecule has 0 fully saturated rings. The summed E-state index contributed by atoms with van der Waals surface area (Å²) in [6.45, 7) is 3.58. The van der Waals surface area contributed by atoms with Crippen LogP contribution < -0.4 is 10.6 Å². The number of rotatable bonds is 10. The summed E-state index contributed by atoms with van der Waals surface area (Å²) >= 11 is 0. The van der Waals surface area contributed by atoms with E-state index in [2.05, 4.69) is 10.6 Å². The van der Waals surface area contributed by atoms with E-state index in [-0.39, 0.29) is 17.2 Å². The van der Waals surface area contributed by atoms with Crippen LogP contribution in [0.4, 0.5) is 17.1 Å². The molecule has 112 valence electrons. The zero-order valence-electron chi connectivity index (χ0n) is 11.9. The van der Waals surface area contributed by atoms with Crippen LogP contribution in [0.15, 0.2) is 18.2 Å². The van der Waals surface area contributed by atoms with Gasteiger partial charge in [0.25, 0.3) is 0 Å². The Balaban J connectivity index is 2.71. The van der Waals surface area contributed by atoms with Crippen LogP contribution in [0.25, 0.3) is 0 Å². The number of hydrogen-bond donors (Lipinski definition) is 3. The molecule has 0 aliphatic carbocycles. The molecule has 20 heavy (non-hydrogen) atoms. The number of benzene rings is 1. The summed E-state index contributed by atoms with van der Waals surface area (Å²) < 4.78 is 0. The molecule has 1 aromatic carbocycles. The third-order valence-corrected chi connectivity index (χ3v) is 2.93. The molecule has 0 unspecified atom stereocenters. The molecule has 0 radical (unpaired) electrons. The molecule has 1 aromatic rings. The van der Waals surface area contributed by atoms with E-state index in [1.807, 2.05) is 6.92 Å². The highest BCUT2D eigenvalue weighted by molar-refractivity contribution is 5.76. The number of para-hydroxylation sites is 1. The van der Waals surface area contributed by atoms with E-state index >= 15 is 0 Å². The van der Waals surface area contributed by atoms with Crippen molar-refractivity contribution in [2.24, 2.45) is 0 Å². The highest BCUT2D eigenvalue weighted by atomic mass is 16.6. The summed E-state index contributed by atoms with van der Waals surface area (Å²) in [6.07, 6.45) is 3.47. The number of nitro benzene ring substituents is 1. The Kier molecular flexibility index (Phi) is 7.42. The second-order valence-electron chi connectivity index (χ2n) is 4.60.